The number of nitrogens with zero attached hydrogens (tertiary/aromatic N) is 1. The highest BCUT2D eigenvalue weighted by atomic mass is 16.4. The van der Waals surface area contributed by atoms with E-state index in [1.54, 1.807) is 12.1 Å². The highest BCUT2D eigenvalue weighted by Gasteiger charge is 2.13. The van der Waals surface area contributed by atoms with Gasteiger partial charge in [-0.25, -0.2) is 4.79 Å². The van der Waals surface area contributed by atoms with Gasteiger partial charge in [-0.2, -0.15) is 0 Å². The van der Waals surface area contributed by atoms with E-state index in [0.29, 0.717) is 5.69 Å². The molecule has 1 atom stereocenters. The Hall–Kier alpha value is -2.24. The van der Waals surface area contributed by atoms with Crippen molar-refractivity contribution in [3.63, 3.8) is 0 Å². The molecule has 110 valence electrons. The average Bonchev–Trinajstić information content (AvgIpc) is 2.41. The predicted octanol–water partition coefficient (Wildman–Crippen LogP) is 2.13. The summed E-state index contributed by atoms with van der Waals surface area (Å²) in [5.74, 6) is -1.07. The lowest BCUT2D eigenvalue weighted by molar-refractivity contribution is -0.138. The Morgan fingerprint density at radius 2 is 1.75 bits per heavy atom. The molecule has 1 rings (SSSR count). The van der Waals surface area contributed by atoms with Crippen LogP contribution >= 0.6 is 0 Å². The van der Waals surface area contributed by atoms with E-state index in [2.05, 4.69) is 29.4 Å². The molecule has 6 heteroatoms. The van der Waals surface area contributed by atoms with Crippen molar-refractivity contribution in [2.45, 2.75) is 26.8 Å². The molecule has 0 unspecified atom stereocenters. The molecule has 0 aromatic heterocycles. The van der Waals surface area contributed by atoms with Crippen LogP contribution in [0.15, 0.2) is 24.3 Å². The number of carbonyl (C=O) groups is 2. The number of hydrogen-bond donors (Lipinski definition) is 3. The van der Waals surface area contributed by atoms with Gasteiger partial charge in [-0.1, -0.05) is 0 Å². The van der Waals surface area contributed by atoms with Gasteiger partial charge in [0.1, 0.15) is 6.04 Å². The van der Waals surface area contributed by atoms with Crippen LogP contribution in [0.3, 0.4) is 0 Å². The molecule has 0 radical (unpaired) electrons. The minimum Gasteiger partial charge on any atom is -0.480 e. The average molecular weight is 279 g/mol. The lowest BCUT2D eigenvalue weighted by Crippen LogP contribution is -2.40. The quantitative estimate of drug-likeness (QED) is 0.745. The van der Waals surface area contributed by atoms with Crippen molar-refractivity contribution in [2.75, 3.05) is 23.3 Å². The summed E-state index contributed by atoms with van der Waals surface area (Å²) >= 11 is 0. The van der Waals surface area contributed by atoms with Gasteiger partial charge in [0.05, 0.1) is 0 Å². The predicted molar refractivity (Wildman–Crippen MR) is 79.3 cm³/mol. The highest BCUT2D eigenvalue weighted by Crippen LogP contribution is 2.17. The number of hydrogen-bond acceptors (Lipinski definition) is 3. The third-order valence-electron chi connectivity index (χ3n) is 2.97. The molecule has 0 aliphatic carbocycles. The first kappa shape index (κ1) is 15.8. The monoisotopic (exact) mass is 279 g/mol. The molecule has 3 N–H and O–H groups in total. The number of benzene rings is 1. The Morgan fingerprint density at radius 1 is 1.20 bits per heavy atom. The molecule has 20 heavy (non-hydrogen) atoms. The molecule has 0 heterocycles. The number of amides is 2. The van der Waals surface area contributed by atoms with Gasteiger partial charge in [0.25, 0.3) is 0 Å². The summed E-state index contributed by atoms with van der Waals surface area (Å²) in [7, 11) is 0. The van der Waals surface area contributed by atoms with E-state index in [1.807, 2.05) is 12.1 Å². The van der Waals surface area contributed by atoms with Crippen LogP contribution in [0.4, 0.5) is 16.2 Å². The molecule has 0 saturated carbocycles. The van der Waals surface area contributed by atoms with E-state index >= 15 is 0 Å². The second kappa shape index (κ2) is 7.37. The van der Waals surface area contributed by atoms with Crippen molar-refractivity contribution in [1.29, 1.82) is 0 Å². The first-order valence-electron chi connectivity index (χ1n) is 6.63. The molecule has 1 aromatic carbocycles. The topological polar surface area (TPSA) is 81.7 Å². The Bertz CT molecular complexity index is 455. The van der Waals surface area contributed by atoms with Gasteiger partial charge >= 0.3 is 12.0 Å². The van der Waals surface area contributed by atoms with Crippen molar-refractivity contribution in [3.05, 3.63) is 24.3 Å². The number of nitrogens with one attached hydrogen (secondary N) is 2. The summed E-state index contributed by atoms with van der Waals surface area (Å²) in [6, 6.07) is 5.96. The van der Waals surface area contributed by atoms with Crippen LogP contribution in [0.1, 0.15) is 20.8 Å². The van der Waals surface area contributed by atoms with Crippen molar-refractivity contribution >= 4 is 23.4 Å². The molecule has 1 aromatic rings. The molecular formula is C14H21N3O3. The molecule has 0 aliphatic rings. The lowest BCUT2D eigenvalue weighted by Gasteiger charge is -2.21. The number of anilines is 2. The summed E-state index contributed by atoms with van der Waals surface area (Å²) in [6.45, 7) is 7.40. The van der Waals surface area contributed by atoms with Crippen LogP contribution in [0.25, 0.3) is 0 Å². The fraction of sp³-hybridized carbons (Fsp3) is 0.429. The van der Waals surface area contributed by atoms with Gasteiger partial charge in [0.2, 0.25) is 0 Å². The van der Waals surface area contributed by atoms with E-state index in [1.165, 1.54) is 6.92 Å². The fourth-order valence-corrected chi connectivity index (χ4v) is 1.77. The van der Waals surface area contributed by atoms with Crippen LogP contribution < -0.4 is 15.5 Å². The zero-order valence-corrected chi connectivity index (χ0v) is 12.0. The van der Waals surface area contributed by atoms with Gasteiger partial charge in [-0.3, -0.25) is 4.79 Å². The second-order valence-corrected chi connectivity index (χ2v) is 4.38. The fourth-order valence-electron chi connectivity index (χ4n) is 1.77. The highest BCUT2D eigenvalue weighted by molar-refractivity contribution is 5.92. The minimum atomic E-state index is -1.07. The maximum atomic E-state index is 11.6. The van der Waals surface area contributed by atoms with Gasteiger partial charge in [0.15, 0.2) is 0 Å². The van der Waals surface area contributed by atoms with E-state index in [-0.39, 0.29) is 0 Å². The molecule has 0 bridgehead atoms. The maximum absolute atomic E-state index is 11.6. The third-order valence-corrected chi connectivity index (χ3v) is 2.97. The summed E-state index contributed by atoms with van der Waals surface area (Å²) < 4.78 is 0. The molecule has 0 aliphatic heterocycles. The first-order valence-corrected chi connectivity index (χ1v) is 6.63. The minimum absolute atomic E-state index is 0.532. The van der Waals surface area contributed by atoms with E-state index in [9.17, 15) is 9.59 Å². The van der Waals surface area contributed by atoms with Crippen LogP contribution in [0.2, 0.25) is 0 Å². The van der Waals surface area contributed by atoms with Gasteiger partial charge in [-0.15, -0.1) is 0 Å². The Morgan fingerprint density at radius 3 is 2.20 bits per heavy atom. The number of rotatable bonds is 6. The second-order valence-electron chi connectivity index (χ2n) is 4.38. The molecule has 0 fully saturated rings. The molecular weight excluding hydrogens is 258 g/mol. The number of carbonyl (C=O) groups excluding carboxylic acids is 1. The maximum Gasteiger partial charge on any atom is 0.325 e. The molecule has 0 spiro atoms. The molecule has 2 amide bonds. The smallest absolute Gasteiger partial charge is 0.325 e. The van der Waals surface area contributed by atoms with Gasteiger partial charge in [0, 0.05) is 24.5 Å². The Kier molecular flexibility index (Phi) is 5.83. The van der Waals surface area contributed by atoms with Gasteiger partial charge < -0.3 is 20.6 Å². The van der Waals surface area contributed by atoms with E-state index < -0.39 is 18.0 Å². The normalized spacial score (nSPS) is 11.6. The summed E-state index contributed by atoms with van der Waals surface area (Å²) in [5, 5.41) is 13.6. The van der Waals surface area contributed by atoms with Crippen LogP contribution in [-0.2, 0) is 4.79 Å². The Labute approximate surface area is 118 Å². The van der Waals surface area contributed by atoms with Crippen LogP contribution in [0, 0.1) is 0 Å². The Balaban J connectivity index is 2.61. The SMILES string of the molecule is CCN(CC)c1ccc(NC(=O)N[C@@H](C)C(=O)O)cc1. The summed E-state index contributed by atoms with van der Waals surface area (Å²) in [5.41, 5.74) is 1.70. The number of carboxylic acid groups (broad SMARTS) is 1. The summed E-state index contributed by atoms with van der Waals surface area (Å²) in [4.78, 5) is 24.4. The van der Waals surface area contributed by atoms with Crippen molar-refractivity contribution in [1.82, 2.24) is 5.32 Å². The number of carboxylic acids is 1. The first-order chi connectivity index (χ1) is 9.47. The third kappa shape index (κ3) is 4.46. The van der Waals surface area contributed by atoms with Crippen LogP contribution in [-0.4, -0.2) is 36.2 Å². The standard InChI is InChI=1S/C14H21N3O3/c1-4-17(5-2)12-8-6-11(7-9-12)16-14(20)15-10(3)13(18)19/h6-10H,4-5H2,1-3H3,(H,18,19)(H2,15,16,20)/t10-/m0/s1. The zero-order chi connectivity index (χ0) is 15.1. The molecule has 0 saturated heterocycles. The summed E-state index contributed by atoms with van der Waals surface area (Å²) in [6.07, 6.45) is 0. The van der Waals surface area contributed by atoms with Crippen molar-refractivity contribution in [3.8, 4) is 0 Å². The van der Waals surface area contributed by atoms with Crippen LogP contribution in [0.5, 0.6) is 0 Å². The van der Waals surface area contributed by atoms with E-state index in [0.717, 1.165) is 18.8 Å². The van der Waals surface area contributed by atoms with E-state index in [4.69, 9.17) is 5.11 Å². The van der Waals surface area contributed by atoms with Gasteiger partial charge in [-0.05, 0) is 45.0 Å². The number of aliphatic carboxylic acids is 1. The zero-order valence-electron chi connectivity index (χ0n) is 12.0. The van der Waals surface area contributed by atoms with Crippen molar-refractivity contribution < 1.29 is 14.7 Å². The largest absolute Gasteiger partial charge is 0.480 e. The lowest BCUT2D eigenvalue weighted by atomic mass is 10.2. The number of urea groups is 1. The molecule has 6 nitrogen and oxygen atoms in total. The van der Waals surface area contributed by atoms with Crippen molar-refractivity contribution in [2.24, 2.45) is 0 Å².